The van der Waals surface area contributed by atoms with Gasteiger partial charge in [-0.05, 0) is 55.3 Å². The van der Waals surface area contributed by atoms with Crippen LogP contribution in [0.25, 0.3) is 10.9 Å². The second kappa shape index (κ2) is 9.76. The molecule has 1 fully saturated rings. The summed E-state index contributed by atoms with van der Waals surface area (Å²) in [7, 11) is 3.16. The van der Waals surface area contributed by atoms with Gasteiger partial charge in [0.05, 0.1) is 19.8 Å². The Morgan fingerprint density at radius 1 is 1.16 bits per heavy atom. The number of H-pyrrole nitrogens is 1. The molecule has 2 heterocycles. The molecule has 1 saturated heterocycles. The molecule has 2 aromatic carbocycles. The number of aromatic amines is 1. The Kier molecular flexibility index (Phi) is 6.82. The van der Waals surface area contributed by atoms with E-state index < -0.39 is 0 Å². The summed E-state index contributed by atoms with van der Waals surface area (Å²) in [5.41, 5.74) is 5.38. The summed E-state index contributed by atoms with van der Waals surface area (Å²) in [6.07, 6.45) is 3.15. The van der Waals surface area contributed by atoms with Crippen LogP contribution in [0.15, 0.2) is 42.6 Å². The van der Waals surface area contributed by atoms with Crippen molar-refractivity contribution in [3.63, 3.8) is 0 Å². The minimum absolute atomic E-state index is 0.238. The zero-order valence-electron chi connectivity index (χ0n) is 19.5. The van der Waals surface area contributed by atoms with E-state index in [0.29, 0.717) is 5.56 Å². The number of esters is 1. The van der Waals surface area contributed by atoms with Gasteiger partial charge in [0, 0.05) is 54.9 Å². The molecular formula is C26H33N3O3. The van der Waals surface area contributed by atoms with Crippen molar-refractivity contribution in [3.05, 3.63) is 64.8 Å². The lowest BCUT2D eigenvalue weighted by Crippen LogP contribution is -2.48. The first-order chi connectivity index (χ1) is 15.5. The third-order valence-electron chi connectivity index (χ3n) is 6.52. The number of benzene rings is 2. The van der Waals surface area contributed by atoms with Crippen molar-refractivity contribution in [1.82, 2.24) is 14.8 Å². The van der Waals surface area contributed by atoms with Crippen LogP contribution in [0.5, 0.6) is 5.75 Å². The van der Waals surface area contributed by atoms with Gasteiger partial charge in [-0.2, -0.15) is 0 Å². The zero-order valence-corrected chi connectivity index (χ0v) is 19.5. The first-order valence-electron chi connectivity index (χ1n) is 11.3. The number of aromatic nitrogens is 1. The summed E-state index contributed by atoms with van der Waals surface area (Å²) in [6, 6.07) is 12.4. The number of nitrogens with one attached hydrogen (secondary N) is 1. The van der Waals surface area contributed by atoms with Gasteiger partial charge in [0.2, 0.25) is 0 Å². The molecule has 170 valence electrons. The maximum Gasteiger partial charge on any atom is 0.337 e. The minimum atomic E-state index is -0.302. The molecule has 1 N–H and O–H groups in total. The third kappa shape index (κ3) is 4.38. The maximum absolute atomic E-state index is 11.9. The number of carbonyl (C=O) groups is 1. The third-order valence-corrected chi connectivity index (χ3v) is 6.52. The highest BCUT2D eigenvalue weighted by Crippen LogP contribution is 2.35. The summed E-state index contributed by atoms with van der Waals surface area (Å²) in [6.45, 7) is 9.24. The first-order valence-corrected chi connectivity index (χ1v) is 11.3. The van der Waals surface area contributed by atoms with Crippen LogP contribution in [0.4, 0.5) is 0 Å². The number of aryl methyl sites for hydroxylation is 1. The molecule has 1 unspecified atom stereocenters. The largest absolute Gasteiger partial charge is 0.496 e. The number of hydrogen-bond donors (Lipinski definition) is 1. The topological polar surface area (TPSA) is 57.8 Å². The highest BCUT2D eigenvalue weighted by molar-refractivity contribution is 5.89. The van der Waals surface area contributed by atoms with Gasteiger partial charge in [-0.1, -0.05) is 19.1 Å². The number of ether oxygens (including phenoxy) is 2. The standard InChI is InChI=1S/C26H33N3O3/c1-5-12-28-13-14-29(23(17-28)19-6-8-20(9-7-19)26(30)32-4)16-22-21-10-11-27-25(21)18(2)15-24(22)31-3/h6-11,15,23,27H,5,12-14,16-17H2,1-4H3. The molecule has 4 rings (SSSR count). The minimum Gasteiger partial charge on any atom is -0.496 e. The van der Waals surface area contributed by atoms with Crippen LogP contribution in [-0.4, -0.2) is 61.2 Å². The van der Waals surface area contributed by atoms with Crippen molar-refractivity contribution >= 4 is 16.9 Å². The van der Waals surface area contributed by atoms with Gasteiger partial charge in [0.25, 0.3) is 0 Å². The smallest absolute Gasteiger partial charge is 0.337 e. The van der Waals surface area contributed by atoms with Crippen molar-refractivity contribution in [2.24, 2.45) is 0 Å². The molecule has 32 heavy (non-hydrogen) atoms. The van der Waals surface area contributed by atoms with Crippen LogP contribution >= 0.6 is 0 Å². The van der Waals surface area contributed by atoms with Gasteiger partial charge in [-0.15, -0.1) is 0 Å². The summed E-state index contributed by atoms with van der Waals surface area (Å²) >= 11 is 0. The van der Waals surface area contributed by atoms with Crippen molar-refractivity contribution in [3.8, 4) is 5.75 Å². The molecule has 0 radical (unpaired) electrons. The SMILES string of the molecule is CCCN1CCN(Cc2c(OC)cc(C)c3[nH]ccc23)C(c2ccc(C(=O)OC)cc2)C1. The Balaban J connectivity index is 1.67. The number of nitrogens with zero attached hydrogens (tertiary/aromatic N) is 2. The monoisotopic (exact) mass is 435 g/mol. The molecule has 1 aliphatic heterocycles. The quantitative estimate of drug-likeness (QED) is 0.552. The molecule has 0 amide bonds. The lowest BCUT2D eigenvalue weighted by Gasteiger charge is -2.42. The first kappa shape index (κ1) is 22.4. The summed E-state index contributed by atoms with van der Waals surface area (Å²) in [4.78, 5) is 20.3. The zero-order chi connectivity index (χ0) is 22.7. The second-order valence-corrected chi connectivity index (χ2v) is 8.54. The van der Waals surface area contributed by atoms with E-state index in [1.165, 1.54) is 34.7 Å². The van der Waals surface area contributed by atoms with Gasteiger partial charge < -0.3 is 19.4 Å². The summed E-state index contributed by atoms with van der Waals surface area (Å²) in [5, 5.41) is 1.22. The van der Waals surface area contributed by atoms with Crippen molar-refractivity contribution in [2.75, 3.05) is 40.4 Å². The number of piperazine rings is 1. The molecule has 3 aromatic rings. The number of fused-ring (bicyclic) bond motifs is 1. The molecule has 0 saturated carbocycles. The number of carbonyl (C=O) groups excluding carboxylic acids is 1. The van der Waals surface area contributed by atoms with Crippen molar-refractivity contribution in [2.45, 2.75) is 32.9 Å². The molecule has 0 bridgehead atoms. The second-order valence-electron chi connectivity index (χ2n) is 8.54. The average Bonchev–Trinajstić information content (AvgIpc) is 3.32. The van der Waals surface area contributed by atoms with E-state index in [1.807, 2.05) is 18.3 Å². The Morgan fingerprint density at radius 2 is 1.94 bits per heavy atom. The molecule has 1 aliphatic rings. The van der Waals surface area contributed by atoms with Gasteiger partial charge in [0.15, 0.2) is 0 Å². The van der Waals surface area contributed by atoms with Crippen molar-refractivity contribution < 1.29 is 14.3 Å². The molecule has 1 aromatic heterocycles. The highest BCUT2D eigenvalue weighted by atomic mass is 16.5. The Labute approximate surface area is 190 Å². The lowest BCUT2D eigenvalue weighted by molar-refractivity contribution is 0.0599. The van der Waals surface area contributed by atoms with Crippen LogP contribution in [0.3, 0.4) is 0 Å². The summed E-state index contributed by atoms with van der Waals surface area (Å²) in [5.74, 6) is 0.634. The molecule has 1 atom stereocenters. The average molecular weight is 436 g/mol. The normalized spacial score (nSPS) is 17.6. The van der Waals surface area contributed by atoms with Gasteiger partial charge in [-0.3, -0.25) is 4.90 Å². The predicted octanol–water partition coefficient (Wildman–Crippen LogP) is 4.54. The number of rotatable bonds is 7. The fraction of sp³-hybridized carbons (Fsp3) is 0.423. The van der Waals surface area contributed by atoms with Gasteiger partial charge >= 0.3 is 5.97 Å². The number of methoxy groups -OCH3 is 2. The lowest BCUT2D eigenvalue weighted by atomic mass is 9.98. The molecule has 0 aliphatic carbocycles. The highest BCUT2D eigenvalue weighted by Gasteiger charge is 2.29. The van der Waals surface area contributed by atoms with Crippen LogP contribution in [-0.2, 0) is 11.3 Å². The van der Waals surface area contributed by atoms with E-state index in [-0.39, 0.29) is 12.0 Å². The number of hydrogen-bond acceptors (Lipinski definition) is 5. The molecule has 0 spiro atoms. The van der Waals surface area contributed by atoms with E-state index in [0.717, 1.165) is 44.9 Å². The predicted molar refractivity (Wildman–Crippen MR) is 127 cm³/mol. The van der Waals surface area contributed by atoms with Crippen LogP contribution in [0.1, 0.15) is 46.4 Å². The Hall–Kier alpha value is -2.83. The fourth-order valence-corrected chi connectivity index (χ4v) is 4.85. The Morgan fingerprint density at radius 3 is 2.62 bits per heavy atom. The van der Waals surface area contributed by atoms with Crippen LogP contribution in [0, 0.1) is 6.92 Å². The molecule has 6 heteroatoms. The molecular weight excluding hydrogens is 402 g/mol. The van der Waals surface area contributed by atoms with Gasteiger partial charge in [0.1, 0.15) is 5.75 Å². The Bertz CT molecular complexity index is 1070. The van der Waals surface area contributed by atoms with Crippen molar-refractivity contribution in [1.29, 1.82) is 0 Å². The van der Waals surface area contributed by atoms with Crippen LogP contribution < -0.4 is 4.74 Å². The summed E-state index contributed by atoms with van der Waals surface area (Å²) < 4.78 is 10.7. The van der Waals surface area contributed by atoms with E-state index in [2.05, 4.69) is 52.9 Å². The van der Waals surface area contributed by atoms with E-state index in [9.17, 15) is 4.79 Å². The van der Waals surface area contributed by atoms with Crippen LogP contribution in [0.2, 0.25) is 0 Å². The van der Waals surface area contributed by atoms with E-state index >= 15 is 0 Å². The van der Waals surface area contributed by atoms with Gasteiger partial charge in [-0.25, -0.2) is 4.79 Å². The fourth-order valence-electron chi connectivity index (χ4n) is 4.85. The maximum atomic E-state index is 11.9. The van der Waals surface area contributed by atoms with E-state index in [1.54, 1.807) is 7.11 Å². The molecule has 6 nitrogen and oxygen atoms in total. The van der Waals surface area contributed by atoms with E-state index in [4.69, 9.17) is 9.47 Å².